The number of ether oxygens (including phenoxy) is 1. The lowest BCUT2D eigenvalue weighted by Gasteiger charge is -2.17. The molecule has 1 aliphatic rings. The van der Waals surface area contributed by atoms with Crippen molar-refractivity contribution in [3.05, 3.63) is 69.3 Å². The zero-order valence-electron chi connectivity index (χ0n) is 13.3. The van der Waals surface area contributed by atoms with E-state index >= 15 is 0 Å². The van der Waals surface area contributed by atoms with Crippen LogP contribution >= 0.6 is 0 Å². The molecule has 160 valence electrons. The lowest BCUT2D eigenvalue weighted by molar-refractivity contribution is 0.370. The summed E-state index contributed by atoms with van der Waals surface area (Å²) in [6.07, 6.45) is 0. The fourth-order valence-electron chi connectivity index (χ4n) is 2.14. The van der Waals surface area contributed by atoms with Gasteiger partial charge in [0.2, 0.25) is 23.4 Å². The molecule has 2 aromatic carbocycles. The topological polar surface area (TPSA) is 68.1 Å². The third-order valence-corrected chi connectivity index (χ3v) is 4.23. The molecular weight excluding hydrogens is 466 g/mol. The number of benzene rings is 2. The van der Waals surface area contributed by atoms with Gasteiger partial charge < -0.3 is 4.74 Å². The zero-order chi connectivity index (χ0) is 22.7. The third kappa shape index (κ3) is 3.16. The van der Waals surface area contributed by atoms with Crippen LogP contribution in [0, 0.1) is 58.2 Å². The van der Waals surface area contributed by atoms with Crippen molar-refractivity contribution in [2.75, 3.05) is 0 Å². The van der Waals surface area contributed by atoms with Gasteiger partial charge >= 0.3 is 10.2 Å². The first kappa shape index (κ1) is 21.5. The molecule has 0 aliphatic carbocycles. The summed E-state index contributed by atoms with van der Waals surface area (Å²) >= 11 is 0. The Balaban J connectivity index is 2.28. The second-order valence-electron chi connectivity index (χ2n) is 5.23. The Morgan fingerprint density at radius 3 is 0.967 bits per heavy atom. The van der Waals surface area contributed by atoms with E-state index < -0.39 is 91.3 Å². The Labute approximate surface area is 158 Å². The van der Waals surface area contributed by atoms with Gasteiger partial charge in [0.15, 0.2) is 46.5 Å². The number of halogens is 10. The highest BCUT2D eigenvalue weighted by Gasteiger charge is 2.37. The molecule has 1 aliphatic heterocycles. The van der Waals surface area contributed by atoms with E-state index in [0.717, 1.165) is 0 Å². The van der Waals surface area contributed by atoms with Crippen LogP contribution in [0.5, 0.6) is 0 Å². The molecule has 1 heterocycles. The van der Waals surface area contributed by atoms with Crippen LogP contribution in [-0.2, 0) is 14.9 Å². The van der Waals surface area contributed by atoms with E-state index in [1.54, 1.807) is 0 Å². The van der Waals surface area contributed by atoms with Crippen LogP contribution < -0.4 is 0 Å². The largest absolute Gasteiger partial charge is 0.417 e. The van der Waals surface area contributed by atoms with Crippen LogP contribution in [-0.4, -0.2) is 20.2 Å². The molecule has 0 aromatic heterocycles. The van der Waals surface area contributed by atoms with Crippen molar-refractivity contribution >= 4 is 22.0 Å². The highest BCUT2D eigenvalue weighted by Crippen LogP contribution is 2.29. The molecule has 0 atom stereocenters. The second kappa shape index (κ2) is 6.96. The Morgan fingerprint density at radius 2 is 0.700 bits per heavy atom. The van der Waals surface area contributed by atoms with Gasteiger partial charge in [0, 0.05) is 0 Å². The summed E-state index contributed by atoms with van der Waals surface area (Å²) in [6, 6.07) is 0. The van der Waals surface area contributed by atoms with Crippen LogP contribution in [0.25, 0.3) is 0 Å². The van der Waals surface area contributed by atoms with E-state index in [1.807, 2.05) is 0 Å². The highest BCUT2D eigenvalue weighted by atomic mass is 32.2. The average Bonchev–Trinajstić information content (AvgIpc) is 2.67. The summed E-state index contributed by atoms with van der Waals surface area (Å²) in [5, 5.41) is 0. The summed E-state index contributed by atoms with van der Waals surface area (Å²) in [5.41, 5.74) is -4.21. The van der Waals surface area contributed by atoms with E-state index in [-0.39, 0.29) is 0 Å². The minimum atomic E-state index is -5.41. The summed E-state index contributed by atoms with van der Waals surface area (Å²) in [4.78, 5) is 0. The number of rotatable bonds is 2. The first-order chi connectivity index (χ1) is 13.8. The molecule has 0 bridgehead atoms. The maximum absolute atomic E-state index is 13.9. The van der Waals surface area contributed by atoms with E-state index in [9.17, 15) is 52.3 Å². The van der Waals surface area contributed by atoms with Crippen LogP contribution in [0.1, 0.15) is 11.1 Å². The number of hydrogen-bond acceptors (Lipinski definition) is 3. The van der Waals surface area contributed by atoms with Gasteiger partial charge in [-0.1, -0.05) is 0 Å². The SMILES string of the molecule is O=S1(=O)N=C(c2c(F)c(F)c(F)c(F)c2F)OC(c2c(F)c(F)c(F)c(F)c2F)=N1. The van der Waals surface area contributed by atoms with Gasteiger partial charge in [-0.3, -0.25) is 0 Å². The van der Waals surface area contributed by atoms with Crippen molar-refractivity contribution in [3.63, 3.8) is 0 Å². The molecule has 0 amide bonds. The molecule has 5 nitrogen and oxygen atoms in total. The molecule has 0 saturated heterocycles. The molecule has 0 radical (unpaired) electrons. The van der Waals surface area contributed by atoms with Crippen molar-refractivity contribution in [3.8, 4) is 0 Å². The summed E-state index contributed by atoms with van der Waals surface area (Å²) in [6.45, 7) is 0. The molecule has 16 heteroatoms. The minimum Gasteiger partial charge on any atom is -0.417 e. The summed E-state index contributed by atoms with van der Waals surface area (Å²) < 4.78 is 168. The van der Waals surface area contributed by atoms with Crippen LogP contribution in [0.4, 0.5) is 43.9 Å². The van der Waals surface area contributed by atoms with Crippen molar-refractivity contribution in [2.45, 2.75) is 0 Å². The smallest absolute Gasteiger partial charge is 0.369 e. The lowest BCUT2D eigenvalue weighted by atomic mass is 10.1. The quantitative estimate of drug-likeness (QED) is 0.387. The normalized spacial score (nSPS) is 15.5. The van der Waals surface area contributed by atoms with Crippen molar-refractivity contribution in [2.24, 2.45) is 8.80 Å². The van der Waals surface area contributed by atoms with Gasteiger partial charge in [-0.15, -0.1) is 8.80 Å². The van der Waals surface area contributed by atoms with Gasteiger partial charge in [-0.05, 0) is 0 Å². The first-order valence-electron chi connectivity index (χ1n) is 6.94. The van der Waals surface area contributed by atoms with E-state index in [2.05, 4.69) is 13.5 Å². The molecule has 0 N–H and O–H groups in total. The highest BCUT2D eigenvalue weighted by molar-refractivity contribution is 7.89. The summed E-state index contributed by atoms with van der Waals surface area (Å²) in [5.74, 6) is -30.2. The van der Waals surface area contributed by atoms with Crippen molar-refractivity contribution in [1.29, 1.82) is 0 Å². The fourth-order valence-corrected chi connectivity index (χ4v) is 2.85. The Hall–Kier alpha value is -3.17. The second-order valence-corrected chi connectivity index (χ2v) is 6.49. The molecule has 0 fully saturated rings. The standard InChI is InChI=1S/C14F10N2O3S/c15-3-1(4(16)8(20)11(23)7(3)19)13-25-30(27,28)26-14(29-13)2-5(17)9(21)12(24)10(22)6(2)18. The van der Waals surface area contributed by atoms with Gasteiger partial charge in [-0.2, -0.15) is 8.42 Å². The predicted octanol–water partition coefficient (Wildman–Crippen LogP) is 3.55. The molecule has 30 heavy (non-hydrogen) atoms. The zero-order valence-corrected chi connectivity index (χ0v) is 14.1. The van der Waals surface area contributed by atoms with Crippen LogP contribution in [0.2, 0.25) is 0 Å². The molecule has 0 spiro atoms. The van der Waals surface area contributed by atoms with Crippen LogP contribution in [0.3, 0.4) is 0 Å². The van der Waals surface area contributed by atoms with E-state index in [4.69, 9.17) is 0 Å². The van der Waals surface area contributed by atoms with Gasteiger partial charge in [0.25, 0.3) is 0 Å². The molecule has 0 saturated carbocycles. The monoisotopic (exact) mass is 466 g/mol. The predicted molar refractivity (Wildman–Crippen MR) is 75.5 cm³/mol. The van der Waals surface area contributed by atoms with Gasteiger partial charge in [-0.25, -0.2) is 43.9 Å². The molecule has 3 rings (SSSR count). The van der Waals surface area contributed by atoms with Gasteiger partial charge in [0.05, 0.1) is 0 Å². The van der Waals surface area contributed by atoms with E-state index in [1.165, 1.54) is 0 Å². The molecular formula is C14F10N2O3S. The number of hydrogen-bond donors (Lipinski definition) is 0. The number of nitrogens with zero attached hydrogens (tertiary/aromatic N) is 2. The van der Waals surface area contributed by atoms with Crippen molar-refractivity contribution < 1.29 is 57.1 Å². The van der Waals surface area contributed by atoms with E-state index in [0.29, 0.717) is 0 Å². The minimum absolute atomic E-state index is 1.98. The van der Waals surface area contributed by atoms with Gasteiger partial charge in [0.1, 0.15) is 11.1 Å². The molecule has 2 aromatic rings. The fraction of sp³-hybridized carbons (Fsp3) is 0. The Morgan fingerprint density at radius 1 is 0.467 bits per heavy atom. The van der Waals surface area contributed by atoms with Crippen molar-refractivity contribution in [1.82, 2.24) is 0 Å². The summed E-state index contributed by atoms with van der Waals surface area (Å²) in [7, 11) is -5.41. The third-order valence-electron chi connectivity index (χ3n) is 3.44. The maximum atomic E-state index is 13.9. The Bertz CT molecular complexity index is 1140. The average molecular weight is 466 g/mol. The lowest BCUT2D eigenvalue weighted by Crippen LogP contribution is -2.27. The molecule has 0 unspecified atom stereocenters. The Kier molecular flexibility index (Phi) is 5.00. The first-order valence-corrected chi connectivity index (χ1v) is 8.34. The maximum Gasteiger partial charge on any atom is 0.369 e. The van der Waals surface area contributed by atoms with Crippen LogP contribution in [0.15, 0.2) is 8.80 Å².